The molecule has 36 heavy (non-hydrogen) atoms. The molecule has 0 bridgehead atoms. The Hall–Kier alpha value is -3.53. The van der Waals surface area contributed by atoms with Crippen LogP contribution in [0.15, 0.2) is 71.7 Å². The van der Waals surface area contributed by atoms with Crippen LogP contribution in [0.1, 0.15) is 12.8 Å². The number of benzene rings is 2. The summed E-state index contributed by atoms with van der Waals surface area (Å²) in [4.78, 5) is 38.4. The van der Waals surface area contributed by atoms with Gasteiger partial charge in [0.05, 0.1) is 35.4 Å². The van der Waals surface area contributed by atoms with Crippen molar-refractivity contribution in [1.29, 1.82) is 0 Å². The number of aliphatic hydroxyl groups is 1. The molecule has 0 radical (unpaired) electrons. The highest BCUT2D eigenvalue weighted by Crippen LogP contribution is 2.42. The van der Waals surface area contributed by atoms with Gasteiger partial charge in [0.15, 0.2) is 0 Å². The van der Waals surface area contributed by atoms with E-state index in [1.54, 1.807) is 36.4 Å². The highest BCUT2D eigenvalue weighted by atomic mass is 35.5. The summed E-state index contributed by atoms with van der Waals surface area (Å²) in [5.74, 6) is -3.47. The molecule has 1 heterocycles. The molecular formula is C26H25ClFN3O5. The highest BCUT2D eigenvalue weighted by Gasteiger charge is 2.51. The molecule has 3 aromatic rings. The zero-order valence-corrected chi connectivity index (χ0v) is 20.2. The van der Waals surface area contributed by atoms with Gasteiger partial charge in [-0.15, -0.1) is 0 Å². The van der Waals surface area contributed by atoms with E-state index in [0.29, 0.717) is 16.4 Å². The number of nitrogens with zero attached hydrogens (tertiary/aromatic N) is 1. The number of aliphatic hydroxyl groups excluding tert-OH is 1. The van der Waals surface area contributed by atoms with Gasteiger partial charge in [0.1, 0.15) is 5.82 Å². The summed E-state index contributed by atoms with van der Waals surface area (Å²) in [6.07, 6.45) is 1.69. The molecule has 188 valence electrons. The third kappa shape index (κ3) is 5.33. The molecule has 3 unspecified atom stereocenters. The maximum absolute atomic E-state index is 14.9. The summed E-state index contributed by atoms with van der Waals surface area (Å²) in [6.45, 7) is -0.382. The van der Waals surface area contributed by atoms with E-state index in [9.17, 15) is 23.9 Å². The third-order valence-corrected chi connectivity index (χ3v) is 6.74. The second kappa shape index (κ2) is 10.6. The van der Waals surface area contributed by atoms with Crippen LogP contribution in [0.5, 0.6) is 0 Å². The minimum absolute atomic E-state index is 0.0731. The first-order valence-electron chi connectivity index (χ1n) is 11.3. The number of pyridine rings is 1. The zero-order valence-electron chi connectivity index (χ0n) is 19.4. The Morgan fingerprint density at radius 2 is 1.75 bits per heavy atom. The van der Waals surface area contributed by atoms with E-state index < -0.39 is 35.1 Å². The summed E-state index contributed by atoms with van der Waals surface area (Å²) in [5, 5.41) is 15.8. The van der Waals surface area contributed by atoms with Crippen molar-refractivity contribution in [3.8, 4) is 5.69 Å². The predicted molar refractivity (Wildman–Crippen MR) is 134 cm³/mol. The quantitative estimate of drug-likeness (QED) is 0.447. The van der Waals surface area contributed by atoms with Crippen LogP contribution in [0.3, 0.4) is 0 Å². The van der Waals surface area contributed by atoms with Crippen LogP contribution in [0.4, 0.5) is 15.8 Å². The van der Waals surface area contributed by atoms with Crippen molar-refractivity contribution in [2.45, 2.75) is 18.4 Å². The summed E-state index contributed by atoms with van der Waals surface area (Å²) in [6, 6.07) is 15.1. The molecule has 8 nitrogen and oxygen atoms in total. The normalized spacial score (nSPS) is 21.2. The number of ether oxygens (including phenoxy) is 1. The van der Waals surface area contributed by atoms with E-state index in [-0.39, 0.29) is 30.7 Å². The van der Waals surface area contributed by atoms with Crippen molar-refractivity contribution in [2.75, 3.05) is 24.4 Å². The zero-order chi connectivity index (χ0) is 25.9. The van der Waals surface area contributed by atoms with Crippen LogP contribution in [0.25, 0.3) is 5.69 Å². The molecule has 2 aromatic carbocycles. The minimum atomic E-state index is -1.08. The van der Waals surface area contributed by atoms with Gasteiger partial charge in [0, 0.05) is 36.1 Å². The molecule has 10 heteroatoms. The lowest BCUT2D eigenvalue weighted by molar-refractivity contribution is -0.128. The number of amides is 2. The van der Waals surface area contributed by atoms with E-state index >= 15 is 0 Å². The molecule has 1 saturated carbocycles. The van der Waals surface area contributed by atoms with Crippen LogP contribution in [0.2, 0.25) is 5.02 Å². The second-order valence-electron chi connectivity index (χ2n) is 8.72. The summed E-state index contributed by atoms with van der Waals surface area (Å²) >= 11 is 5.90. The Morgan fingerprint density at radius 3 is 2.33 bits per heavy atom. The molecule has 4 rings (SSSR count). The van der Waals surface area contributed by atoms with Crippen molar-refractivity contribution in [1.82, 2.24) is 4.57 Å². The Labute approximate surface area is 211 Å². The molecule has 1 fully saturated rings. The van der Waals surface area contributed by atoms with Crippen LogP contribution in [-0.2, 0) is 14.3 Å². The van der Waals surface area contributed by atoms with Crippen LogP contribution in [0, 0.1) is 17.7 Å². The van der Waals surface area contributed by atoms with Crippen LogP contribution in [-0.4, -0.2) is 40.8 Å². The lowest BCUT2D eigenvalue weighted by Crippen LogP contribution is -2.34. The van der Waals surface area contributed by atoms with Crippen LogP contribution >= 0.6 is 11.6 Å². The van der Waals surface area contributed by atoms with E-state index in [0.717, 1.165) is 6.07 Å². The topological polar surface area (TPSA) is 110 Å². The van der Waals surface area contributed by atoms with E-state index in [4.69, 9.17) is 16.3 Å². The summed E-state index contributed by atoms with van der Waals surface area (Å²) in [7, 11) is 1.41. The Morgan fingerprint density at radius 1 is 1.08 bits per heavy atom. The molecular weight excluding hydrogens is 489 g/mol. The maximum Gasteiger partial charge on any atom is 0.255 e. The van der Waals surface area contributed by atoms with Crippen LogP contribution < -0.4 is 16.2 Å². The highest BCUT2D eigenvalue weighted by molar-refractivity contribution is 6.30. The monoisotopic (exact) mass is 513 g/mol. The summed E-state index contributed by atoms with van der Waals surface area (Å²) in [5.41, 5.74) is -0.699. The van der Waals surface area contributed by atoms with E-state index in [1.165, 1.54) is 36.1 Å². The largest absolute Gasteiger partial charge is 0.393 e. The smallest absolute Gasteiger partial charge is 0.255 e. The molecule has 0 spiro atoms. The predicted octanol–water partition coefficient (Wildman–Crippen LogP) is 3.61. The van der Waals surface area contributed by atoms with Crippen molar-refractivity contribution >= 4 is 34.8 Å². The van der Waals surface area contributed by atoms with Gasteiger partial charge in [0.25, 0.3) is 5.56 Å². The van der Waals surface area contributed by atoms with Gasteiger partial charge >= 0.3 is 0 Å². The van der Waals surface area contributed by atoms with Crippen molar-refractivity contribution < 1.29 is 23.8 Å². The number of carbonyl (C=O) groups is 2. The number of anilines is 2. The molecule has 1 aromatic heterocycles. The molecule has 2 amide bonds. The standard InChI is InChI=1S/C26H25ClFN3O5/c1-36-26(15-32)13-19(24(34)29-17-7-5-16(27)6-8-17)20(14-26)25(35)30-22-10-9-18(12-21(22)28)31-11-3-2-4-23(31)33/h2-12,19-20,32H,13-15H2,1H3,(H,29,34)(H,30,35). The Bertz CT molecular complexity index is 1320. The molecule has 3 atom stereocenters. The molecule has 1 aliphatic rings. The average Bonchev–Trinajstić information content (AvgIpc) is 3.28. The summed E-state index contributed by atoms with van der Waals surface area (Å²) < 4.78 is 21.7. The number of rotatable bonds is 7. The number of aromatic nitrogens is 1. The van der Waals surface area contributed by atoms with Gasteiger partial charge in [-0.25, -0.2) is 4.39 Å². The number of hydrogen-bond acceptors (Lipinski definition) is 5. The fourth-order valence-electron chi connectivity index (χ4n) is 4.47. The first kappa shape index (κ1) is 25.6. The minimum Gasteiger partial charge on any atom is -0.393 e. The SMILES string of the molecule is COC1(CO)CC(C(=O)Nc2ccc(Cl)cc2)C(C(=O)Nc2ccc(-n3ccccc3=O)cc2F)C1. The van der Waals surface area contributed by atoms with Gasteiger partial charge in [-0.3, -0.25) is 19.0 Å². The number of carbonyl (C=O) groups excluding carboxylic acids is 2. The second-order valence-corrected chi connectivity index (χ2v) is 9.16. The lowest BCUT2D eigenvalue weighted by Gasteiger charge is -2.25. The van der Waals surface area contributed by atoms with Gasteiger partial charge < -0.3 is 20.5 Å². The third-order valence-electron chi connectivity index (χ3n) is 6.49. The molecule has 3 N–H and O–H groups in total. The number of halogens is 2. The van der Waals surface area contributed by atoms with E-state index in [1.807, 2.05) is 0 Å². The fraction of sp³-hybridized carbons (Fsp3) is 0.269. The van der Waals surface area contributed by atoms with Gasteiger partial charge in [-0.05, 0) is 55.3 Å². The van der Waals surface area contributed by atoms with Crippen molar-refractivity contribution in [3.05, 3.63) is 88.1 Å². The van der Waals surface area contributed by atoms with Gasteiger partial charge in [-0.1, -0.05) is 17.7 Å². The molecule has 0 saturated heterocycles. The average molecular weight is 514 g/mol. The molecule has 1 aliphatic carbocycles. The first-order chi connectivity index (χ1) is 17.2. The maximum atomic E-state index is 14.9. The van der Waals surface area contributed by atoms with Crippen molar-refractivity contribution in [2.24, 2.45) is 11.8 Å². The van der Waals surface area contributed by atoms with E-state index in [2.05, 4.69) is 10.6 Å². The number of hydrogen-bond donors (Lipinski definition) is 3. The Balaban J connectivity index is 1.55. The number of nitrogens with one attached hydrogen (secondary N) is 2. The van der Waals surface area contributed by atoms with Crippen molar-refractivity contribution in [3.63, 3.8) is 0 Å². The molecule has 0 aliphatic heterocycles. The Kier molecular flexibility index (Phi) is 7.53. The lowest BCUT2D eigenvalue weighted by atomic mass is 9.94. The van der Waals surface area contributed by atoms with Gasteiger partial charge in [0.2, 0.25) is 11.8 Å². The number of methoxy groups -OCH3 is 1. The first-order valence-corrected chi connectivity index (χ1v) is 11.6. The fourth-order valence-corrected chi connectivity index (χ4v) is 4.60. The van der Waals surface area contributed by atoms with Gasteiger partial charge in [-0.2, -0.15) is 0 Å².